The predicted octanol–water partition coefficient (Wildman–Crippen LogP) is 3.60. The summed E-state index contributed by atoms with van der Waals surface area (Å²) in [4.78, 5) is 41.7. The number of nitrogens with two attached hydrogens (primary N) is 1. The molecule has 4 rings (SSSR count). The average molecular weight is 496 g/mol. The van der Waals surface area contributed by atoms with Crippen LogP contribution in [0.4, 0.5) is 11.5 Å². The van der Waals surface area contributed by atoms with Crippen molar-refractivity contribution in [3.05, 3.63) is 99.8 Å². The van der Waals surface area contributed by atoms with E-state index in [0.29, 0.717) is 16.2 Å². The number of nitrogens with zero attached hydrogens (tertiary/aromatic N) is 1. The van der Waals surface area contributed by atoms with Crippen molar-refractivity contribution in [1.82, 2.24) is 4.98 Å². The van der Waals surface area contributed by atoms with E-state index in [1.165, 1.54) is 29.7 Å². The van der Waals surface area contributed by atoms with E-state index in [9.17, 15) is 19.5 Å². The van der Waals surface area contributed by atoms with Crippen molar-refractivity contribution in [2.75, 3.05) is 10.6 Å². The van der Waals surface area contributed by atoms with E-state index in [-0.39, 0.29) is 39.3 Å². The first-order valence-electron chi connectivity index (χ1n) is 9.95. The normalized spacial score (nSPS) is 12.8. The first-order valence-corrected chi connectivity index (χ1v) is 10.7. The minimum absolute atomic E-state index is 0.0630. The summed E-state index contributed by atoms with van der Waals surface area (Å²) in [6.07, 6.45) is 6.48. The van der Waals surface area contributed by atoms with Crippen molar-refractivity contribution >= 4 is 58.0 Å². The van der Waals surface area contributed by atoms with Crippen molar-refractivity contribution in [2.45, 2.75) is 0 Å². The number of hydrogen-bond donors (Lipinski definition) is 4. The van der Waals surface area contributed by atoms with Crippen LogP contribution in [0.15, 0.2) is 73.1 Å². The summed E-state index contributed by atoms with van der Waals surface area (Å²) in [5.41, 5.74) is 1.25. The maximum absolute atomic E-state index is 12.9. The molecule has 0 radical (unpaired) electrons. The molecule has 0 atom stereocenters. The highest BCUT2D eigenvalue weighted by Gasteiger charge is 2.21. The number of phenols is 1. The maximum Gasteiger partial charge on any atom is 0.347 e. The van der Waals surface area contributed by atoms with Crippen LogP contribution in [-0.4, -0.2) is 27.8 Å². The number of allylic oxidation sites excluding steroid dienone is 2. The second kappa shape index (κ2) is 9.88. The molecular formula is C24H17Cl2N4O4+. The number of nitrogens with one attached hydrogen (secondary N) is 2. The minimum atomic E-state index is -0.648. The maximum atomic E-state index is 12.9. The van der Waals surface area contributed by atoms with Crippen LogP contribution < -0.4 is 16.0 Å². The van der Waals surface area contributed by atoms with Crippen LogP contribution in [-0.2, 0) is 4.79 Å². The lowest BCUT2D eigenvalue weighted by Crippen LogP contribution is -2.83. The highest BCUT2D eigenvalue weighted by Crippen LogP contribution is 2.32. The molecule has 0 saturated heterocycles. The Hall–Kier alpha value is -3.98. The Kier molecular flexibility index (Phi) is 6.74. The monoisotopic (exact) mass is 495 g/mol. The Labute approximate surface area is 203 Å². The number of carbonyl (C=O) groups excluding carboxylic acids is 3. The summed E-state index contributed by atoms with van der Waals surface area (Å²) in [5, 5.41) is 17.5. The number of hydrogen-bond acceptors (Lipinski definition) is 5. The number of benzene rings is 2. The summed E-state index contributed by atoms with van der Waals surface area (Å²) in [5.74, 6) is -1.51. The number of carbonyl (C=O) groups is 3. The fourth-order valence-electron chi connectivity index (χ4n) is 3.23. The van der Waals surface area contributed by atoms with Gasteiger partial charge in [-0.05, 0) is 48.0 Å². The fraction of sp³-hybridized carbons (Fsp3) is 0. The molecule has 170 valence electrons. The quantitative estimate of drug-likeness (QED) is 0.402. The molecule has 0 unspecified atom stereocenters. The lowest BCUT2D eigenvalue weighted by atomic mass is 10.0. The van der Waals surface area contributed by atoms with Gasteiger partial charge in [-0.25, -0.2) is 9.78 Å². The van der Waals surface area contributed by atoms with Crippen LogP contribution in [0.3, 0.4) is 0 Å². The number of halogens is 2. The molecule has 0 fully saturated rings. The second-order valence-corrected chi connectivity index (χ2v) is 8.06. The van der Waals surface area contributed by atoms with E-state index in [1.54, 1.807) is 48.7 Å². The lowest BCUT2D eigenvalue weighted by molar-refractivity contribution is -0.493. The molecule has 2 aromatic carbocycles. The first kappa shape index (κ1) is 23.2. The molecule has 0 bridgehead atoms. The number of aromatic nitrogens is 1. The van der Waals surface area contributed by atoms with Crippen LogP contribution in [0, 0.1) is 0 Å². The topological polar surface area (TPSA) is 125 Å². The van der Waals surface area contributed by atoms with Crippen molar-refractivity contribution in [3.63, 3.8) is 0 Å². The van der Waals surface area contributed by atoms with Crippen LogP contribution in [0.1, 0.15) is 26.3 Å². The van der Waals surface area contributed by atoms with Gasteiger partial charge in [0.1, 0.15) is 17.8 Å². The van der Waals surface area contributed by atoms with E-state index in [2.05, 4.69) is 15.6 Å². The fourth-order valence-corrected chi connectivity index (χ4v) is 3.55. The molecule has 2 heterocycles. The number of phenolic OH excluding ortho intramolecular Hbond substituents is 1. The second-order valence-electron chi connectivity index (χ2n) is 7.19. The zero-order valence-corrected chi connectivity index (χ0v) is 18.9. The number of primary amides is 1. The SMILES string of the molecule is O=C1[NH2+]C=CC=C1c1ccc(C(=O)Nc2c(O)cc(Cl)cc2C(=O)Nc2ccc(Cl)cn2)cc1. The third-order valence-electron chi connectivity index (χ3n) is 4.88. The van der Waals surface area contributed by atoms with Crippen molar-refractivity contribution in [3.8, 4) is 5.75 Å². The molecule has 5 N–H and O–H groups in total. The van der Waals surface area contributed by atoms with Crippen LogP contribution in [0.25, 0.3) is 5.57 Å². The molecule has 1 aromatic heterocycles. The molecule has 0 saturated carbocycles. The Morgan fingerprint density at radius 1 is 0.941 bits per heavy atom. The van der Waals surface area contributed by atoms with E-state index >= 15 is 0 Å². The molecule has 34 heavy (non-hydrogen) atoms. The Morgan fingerprint density at radius 2 is 1.71 bits per heavy atom. The van der Waals surface area contributed by atoms with Crippen LogP contribution >= 0.6 is 23.2 Å². The van der Waals surface area contributed by atoms with Crippen LogP contribution in [0.5, 0.6) is 5.75 Å². The first-order chi connectivity index (χ1) is 16.3. The van der Waals surface area contributed by atoms with E-state index in [1.807, 2.05) is 0 Å². The molecule has 1 aliphatic heterocycles. The molecule has 10 heteroatoms. The lowest BCUT2D eigenvalue weighted by Gasteiger charge is -2.14. The smallest absolute Gasteiger partial charge is 0.347 e. The molecular weight excluding hydrogens is 479 g/mol. The summed E-state index contributed by atoms with van der Waals surface area (Å²) in [6, 6.07) is 12.0. The number of amides is 3. The number of quaternary nitrogens is 1. The van der Waals surface area contributed by atoms with Gasteiger partial charge in [0.2, 0.25) is 0 Å². The predicted molar refractivity (Wildman–Crippen MR) is 129 cm³/mol. The largest absolute Gasteiger partial charge is 0.506 e. The Bertz CT molecular complexity index is 1350. The van der Waals surface area contributed by atoms with Crippen molar-refractivity contribution in [2.24, 2.45) is 0 Å². The Balaban J connectivity index is 1.57. The highest BCUT2D eigenvalue weighted by molar-refractivity contribution is 6.32. The zero-order valence-electron chi connectivity index (χ0n) is 17.4. The third-order valence-corrected chi connectivity index (χ3v) is 5.32. The summed E-state index contributed by atoms with van der Waals surface area (Å²) in [7, 11) is 0. The van der Waals surface area contributed by atoms with Gasteiger partial charge in [0, 0.05) is 22.8 Å². The number of aromatic hydroxyl groups is 1. The van der Waals surface area contributed by atoms with Gasteiger partial charge in [0.25, 0.3) is 11.8 Å². The van der Waals surface area contributed by atoms with Gasteiger partial charge >= 0.3 is 5.91 Å². The molecule has 1 aliphatic rings. The third kappa shape index (κ3) is 5.15. The van der Waals surface area contributed by atoms with Gasteiger partial charge in [-0.3, -0.25) is 14.9 Å². The molecule has 0 spiro atoms. The van der Waals surface area contributed by atoms with Gasteiger partial charge in [0.15, 0.2) is 0 Å². The van der Waals surface area contributed by atoms with E-state index < -0.39 is 11.8 Å². The van der Waals surface area contributed by atoms with E-state index in [0.717, 1.165) is 0 Å². The average Bonchev–Trinajstić information content (AvgIpc) is 2.82. The van der Waals surface area contributed by atoms with Gasteiger partial charge in [0.05, 0.1) is 21.8 Å². The molecule has 0 aliphatic carbocycles. The number of anilines is 2. The number of pyridine rings is 1. The van der Waals surface area contributed by atoms with Gasteiger partial charge in [-0.1, -0.05) is 35.3 Å². The van der Waals surface area contributed by atoms with Gasteiger partial charge in [-0.15, -0.1) is 0 Å². The number of rotatable bonds is 5. The summed E-state index contributed by atoms with van der Waals surface area (Å²) >= 11 is 11.8. The summed E-state index contributed by atoms with van der Waals surface area (Å²) < 4.78 is 0. The Morgan fingerprint density at radius 3 is 2.38 bits per heavy atom. The standard InChI is InChI=1S/C24H16Cl2N4O4/c25-15-7-8-20(28-12-15)29-24(34)18-10-16(26)11-19(31)21(18)30-22(32)14-5-3-13(4-6-14)17-2-1-9-27-23(17)33/h1-12,31H,(H,27,33)(H,30,32)(H,28,29,34)/p+1. The highest BCUT2D eigenvalue weighted by atomic mass is 35.5. The molecule has 8 nitrogen and oxygen atoms in total. The van der Waals surface area contributed by atoms with E-state index in [4.69, 9.17) is 23.2 Å². The zero-order chi connectivity index (χ0) is 24.2. The van der Waals surface area contributed by atoms with Gasteiger partial charge < -0.3 is 15.7 Å². The van der Waals surface area contributed by atoms with Crippen LogP contribution in [0.2, 0.25) is 10.0 Å². The van der Waals surface area contributed by atoms with Crippen molar-refractivity contribution < 1.29 is 24.8 Å². The molecule has 3 amide bonds. The van der Waals surface area contributed by atoms with Gasteiger partial charge in [-0.2, -0.15) is 0 Å². The van der Waals surface area contributed by atoms with Crippen molar-refractivity contribution in [1.29, 1.82) is 0 Å². The molecule has 3 aromatic rings. The summed E-state index contributed by atoms with van der Waals surface area (Å²) in [6.45, 7) is 0. The minimum Gasteiger partial charge on any atom is -0.506 e.